The van der Waals surface area contributed by atoms with Gasteiger partial charge in [0, 0.05) is 10.5 Å². The van der Waals surface area contributed by atoms with Crippen LogP contribution in [-0.4, -0.2) is 24.6 Å². The van der Waals surface area contributed by atoms with E-state index in [1.807, 2.05) is 12.1 Å². The molecule has 7 heteroatoms. The van der Waals surface area contributed by atoms with Gasteiger partial charge in [0.1, 0.15) is 5.70 Å². The Morgan fingerprint density at radius 3 is 2.57 bits per heavy atom. The Labute approximate surface area is 183 Å². The molecule has 0 radical (unpaired) electrons. The first-order valence-corrected chi connectivity index (χ1v) is 10.9. The summed E-state index contributed by atoms with van der Waals surface area (Å²) in [4.78, 5) is 25.9. The van der Waals surface area contributed by atoms with Crippen LogP contribution < -0.4 is 20.1 Å². The maximum absolute atomic E-state index is 13.0. The Hall–Kier alpha value is -2.80. The van der Waals surface area contributed by atoms with Gasteiger partial charge in [0.15, 0.2) is 11.5 Å². The predicted molar refractivity (Wildman–Crippen MR) is 117 cm³/mol. The summed E-state index contributed by atoms with van der Waals surface area (Å²) in [6.45, 7) is 0.177. The molecule has 0 spiro atoms. The van der Waals surface area contributed by atoms with E-state index in [0.29, 0.717) is 21.5 Å². The minimum atomic E-state index is -0.353. The summed E-state index contributed by atoms with van der Waals surface area (Å²) in [5.74, 6) is 0.638. The summed E-state index contributed by atoms with van der Waals surface area (Å²) in [6, 6.07) is 12.7. The number of rotatable bonds is 5. The summed E-state index contributed by atoms with van der Waals surface area (Å²) in [5.41, 5.74) is 1.39. The number of ether oxygens (including phenoxy) is 2. The van der Waals surface area contributed by atoms with Crippen molar-refractivity contribution in [1.29, 1.82) is 0 Å². The summed E-state index contributed by atoms with van der Waals surface area (Å²) in [7, 11) is 0. The number of nitrogens with one attached hydrogen (secondary N) is 2. The minimum absolute atomic E-state index is 0.131. The van der Waals surface area contributed by atoms with Gasteiger partial charge in [-0.3, -0.25) is 9.59 Å². The van der Waals surface area contributed by atoms with Crippen molar-refractivity contribution < 1.29 is 19.1 Å². The molecule has 2 N–H and O–H groups in total. The van der Waals surface area contributed by atoms with Crippen LogP contribution in [0.3, 0.4) is 0 Å². The van der Waals surface area contributed by atoms with Crippen molar-refractivity contribution in [2.45, 2.75) is 38.1 Å². The third-order valence-electron chi connectivity index (χ3n) is 5.26. The topological polar surface area (TPSA) is 76.7 Å². The summed E-state index contributed by atoms with van der Waals surface area (Å²) >= 11 is 3.39. The molecule has 156 valence electrons. The van der Waals surface area contributed by atoms with Crippen LogP contribution >= 0.6 is 15.9 Å². The molecule has 6 nitrogen and oxygen atoms in total. The zero-order valence-corrected chi connectivity index (χ0v) is 18.0. The zero-order valence-electron chi connectivity index (χ0n) is 16.4. The first-order valence-electron chi connectivity index (χ1n) is 10.1. The second kappa shape index (κ2) is 9.34. The molecular weight excluding hydrogens is 448 g/mol. The molecule has 4 rings (SSSR count). The van der Waals surface area contributed by atoms with Crippen molar-refractivity contribution in [3.05, 3.63) is 63.8 Å². The van der Waals surface area contributed by atoms with Gasteiger partial charge in [-0.25, -0.2) is 0 Å². The Morgan fingerprint density at radius 1 is 1.00 bits per heavy atom. The Morgan fingerprint density at radius 2 is 1.77 bits per heavy atom. The highest BCUT2D eigenvalue weighted by molar-refractivity contribution is 9.10. The van der Waals surface area contributed by atoms with E-state index in [1.165, 1.54) is 6.42 Å². The summed E-state index contributed by atoms with van der Waals surface area (Å²) in [6.07, 6.45) is 6.99. The molecule has 30 heavy (non-hydrogen) atoms. The van der Waals surface area contributed by atoms with Crippen LogP contribution in [0.2, 0.25) is 0 Å². The lowest BCUT2D eigenvalue weighted by Crippen LogP contribution is -2.41. The average molecular weight is 471 g/mol. The van der Waals surface area contributed by atoms with E-state index in [9.17, 15) is 9.59 Å². The van der Waals surface area contributed by atoms with E-state index in [1.54, 1.807) is 36.4 Å². The van der Waals surface area contributed by atoms with Crippen molar-refractivity contribution in [3.8, 4) is 11.5 Å². The summed E-state index contributed by atoms with van der Waals surface area (Å²) in [5, 5.41) is 5.86. The fourth-order valence-corrected chi connectivity index (χ4v) is 4.14. The lowest BCUT2D eigenvalue weighted by atomic mass is 9.95. The van der Waals surface area contributed by atoms with Gasteiger partial charge >= 0.3 is 0 Å². The Balaban J connectivity index is 1.59. The molecule has 2 aromatic rings. The number of hydrogen-bond acceptors (Lipinski definition) is 4. The number of hydrogen-bond donors (Lipinski definition) is 2. The molecule has 0 bridgehead atoms. The standard InChI is InChI=1S/C23H23BrN2O4/c24-18-9-5-4-8-17(18)22(27)26-19(23(28)25-16-6-2-1-3-7-16)12-15-10-11-20-21(13-15)30-14-29-20/h4-5,8-13,16H,1-3,6-7,14H2,(H,25,28)(H,26,27)/b19-12-. The van der Waals surface area contributed by atoms with E-state index < -0.39 is 0 Å². The first kappa shape index (κ1) is 20.5. The largest absolute Gasteiger partial charge is 0.454 e. The highest BCUT2D eigenvalue weighted by atomic mass is 79.9. The van der Waals surface area contributed by atoms with E-state index >= 15 is 0 Å². The molecule has 2 amide bonds. The van der Waals surface area contributed by atoms with Crippen molar-refractivity contribution in [1.82, 2.24) is 10.6 Å². The number of halogens is 1. The van der Waals surface area contributed by atoms with Gasteiger partial charge in [-0.05, 0) is 64.7 Å². The summed E-state index contributed by atoms with van der Waals surface area (Å²) < 4.78 is 11.4. The Kier molecular flexibility index (Phi) is 6.38. The number of amides is 2. The quantitative estimate of drug-likeness (QED) is 0.634. The highest BCUT2D eigenvalue weighted by Crippen LogP contribution is 2.33. The highest BCUT2D eigenvalue weighted by Gasteiger charge is 2.21. The van der Waals surface area contributed by atoms with Crippen LogP contribution in [0, 0.1) is 0 Å². The fourth-order valence-electron chi connectivity index (χ4n) is 3.67. The number of fused-ring (bicyclic) bond motifs is 1. The van der Waals surface area contributed by atoms with Gasteiger partial charge in [0.05, 0.1) is 5.56 Å². The molecule has 2 aliphatic rings. The van der Waals surface area contributed by atoms with E-state index in [2.05, 4.69) is 26.6 Å². The zero-order chi connectivity index (χ0) is 20.9. The molecule has 0 aromatic heterocycles. The van der Waals surface area contributed by atoms with Gasteiger partial charge in [-0.1, -0.05) is 37.5 Å². The molecule has 1 aliphatic carbocycles. The maximum atomic E-state index is 13.0. The SMILES string of the molecule is O=C(NC1CCCCC1)/C(=C/c1ccc2c(c1)OCO2)NC(=O)c1ccccc1Br. The van der Waals surface area contributed by atoms with Gasteiger partial charge in [0.25, 0.3) is 11.8 Å². The number of carbonyl (C=O) groups is 2. The smallest absolute Gasteiger partial charge is 0.268 e. The third-order valence-corrected chi connectivity index (χ3v) is 5.95. The predicted octanol–water partition coefficient (Wildman–Crippen LogP) is 4.40. The van der Waals surface area contributed by atoms with Crippen molar-refractivity contribution in [3.63, 3.8) is 0 Å². The third kappa shape index (κ3) is 4.84. The van der Waals surface area contributed by atoms with E-state index in [-0.39, 0.29) is 30.3 Å². The minimum Gasteiger partial charge on any atom is -0.454 e. The average Bonchev–Trinajstić information content (AvgIpc) is 3.22. The molecule has 0 atom stereocenters. The molecule has 1 fully saturated rings. The lowest BCUT2D eigenvalue weighted by Gasteiger charge is -2.23. The van der Waals surface area contributed by atoms with Gasteiger partial charge in [0.2, 0.25) is 6.79 Å². The molecule has 0 unspecified atom stereocenters. The molecule has 1 aliphatic heterocycles. The molecule has 0 saturated heterocycles. The molecule has 1 saturated carbocycles. The van der Waals surface area contributed by atoms with Gasteiger partial charge in [-0.15, -0.1) is 0 Å². The van der Waals surface area contributed by atoms with Crippen molar-refractivity contribution >= 4 is 33.8 Å². The number of benzene rings is 2. The van der Waals surface area contributed by atoms with E-state index in [0.717, 1.165) is 31.2 Å². The van der Waals surface area contributed by atoms with Crippen LogP contribution in [0.4, 0.5) is 0 Å². The number of carbonyl (C=O) groups excluding carboxylic acids is 2. The maximum Gasteiger partial charge on any atom is 0.268 e. The molecule has 1 heterocycles. The van der Waals surface area contributed by atoms with Crippen LogP contribution in [0.5, 0.6) is 11.5 Å². The Bertz CT molecular complexity index is 983. The molecular formula is C23H23BrN2O4. The normalized spacial score (nSPS) is 16.2. The lowest BCUT2D eigenvalue weighted by molar-refractivity contribution is -0.118. The second-order valence-corrected chi connectivity index (χ2v) is 8.27. The van der Waals surface area contributed by atoms with Crippen LogP contribution in [0.1, 0.15) is 48.0 Å². The van der Waals surface area contributed by atoms with Crippen molar-refractivity contribution in [2.75, 3.05) is 6.79 Å². The van der Waals surface area contributed by atoms with Gasteiger partial charge < -0.3 is 20.1 Å². The monoisotopic (exact) mass is 470 g/mol. The first-order chi connectivity index (χ1) is 14.6. The fraction of sp³-hybridized carbons (Fsp3) is 0.304. The van der Waals surface area contributed by atoms with Crippen LogP contribution in [-0.2, 0) is 4.79 Å². The molecule has 2 aromatic carbocycles. The van der Waals surface area contributed by atoms with Crippen LogP contribution in [0.15, 0.2) is 52.6 Å². The van der Waals surface area contributed by atoms with E-state index in [4.69, 9.17) is 9.47 Å². The van der Waals surface area contributed by atoms with Crippen molar-refractivity contribution in [2.24, 2.45) is 0 Å². The van der Waals surface area contributed by atoms with Gasteiger partial charge in [-0.2, -0.15) is 0 Å². The van der Waals surface area contributed by atoms with Crippen LogP contribution in [0.25, 0.3) is 6.08 Å². The second-order valence-electron chi connectivity index (χ2n) is 7.41.